The number of unbranched alkanes of at least 4 members (excludes halogenated alkanes) is 15. The summed E-state index contributed by atoms with van der Waals surface area (Å²) in [6.45, 7) is 3.93. The van der Waals surface area contributed by atoms with Gasteiger partial charge < -0.3 is 25.7 Å². The highest BCUT2D eigenvalue weighted by molar-refractivity contribution is 5.80. The molecule has 0 radical (unpaired) electrons. The van der Waals surface area contributed by atoms with Crippen LogP contribution >= 0.6 is 0 Å². The summed E-state index contributed by atoms with van der Waals surface area (Å²) in [5.74, 6) is -0.602. The van der Waals surface area contributed by atoms with Crippen LogP contribution in [0.5, 0.6) is 0 Å². The molecule has 5 N–H and O–H groups in total. The van der Waals surface area contributed by atoms with E-state index in [-0.39, 0.29) is 0 Å². The molecule has 0 saturated carbocycles. The first-order valence-corrected chi connectivity index (χ1v) is 15.7. The van der Waals surface area contributed by atoms with E-state index in [2.05, 4.69) is 43.5 Å². The number of nitrogens with one attached hydrogen (secondary N) is 1. The second-order valence-electron chi connectivity index (χ2n) is 10.8. The van der Waals surface area contributed by atoms with Crippen molar-refractivity contribution in [3.05, 3.63) is 24.3 Å². The molecule has 0 bridgehead atoms. The topological polar surface area (TPSA) is 110 Å². The van der Waals surface area contributed by atoms with Crippen LogP contribution in [0.2, 0.25) is 0 Å². The van der Waals surface area contributed by atoms with E-state index >= 15 is 0 Å². The van der Waals surface area contributed by atoms with Crippen LogP contribution in [-0.4, -0.2) is 57.3 Å². The predicted molar refractivity (Wildman–Crippen MR) is 159 cm³/mol. The minimum atomic E-state index is -1.26. The van der Waals surface area contributed by atoms with Gasteiger partial charge >= 0.3 is 0 Å². The molecule has 4 unspecified atom stereocenters. The largest absolute Gasteiger partial charge is 0.394 e. The second-order valence-corrected chi connectivity index (χ2v) is 10.8. The molecule has 38 heavy (non-hydrogen) atoms. The first-order valence-electron chi connectivity index (χ1n) is 15.7. The molecular formula is C32H61NO5. The van der Waals surface area contributed by atoms with Gasteiger partial charge in [0.1, 0.15) is 12.2 Å². The summed E-state index contributed by atoms with van der Waals surface area (Å²) in [4.78, 5) is 12.3. The van der Waals surface area contributed by atoms with Crippen molar-refractivity contribution in [2.24, 2.45) is 0 Å². The van der Waals surface area contributed by atoms with Crippen molar-refractivity contribution in [1.29, 1.82) is 0 Å². The lowest BCUT2D eigenvalue weighted by Crippen LogP contribution is -2.53. The van der Waals surface area contributed by atoms with Crippen molar-refractivity contribution in [3.8, 4) is 0 Å². The zero-order chi connectivity index (χ0) is 28.3. The van der Waals surface area contributed by atoms with Crippen LogP contribution in [0.4, 0.5) is 0 Å². The van der Waals surface area contributed by atoms with E-state index in [4.69, 9.17) is 0 Å². The van der Waals surface area contributed by atoms with Gasteiger partial charge in [-0.2, -0.15) is 0 Å². The van der Waals surface area contributed by atoms with Gasteiger partial charge in [-0.3, -0.25) is 4.79 Å². The number of carbonyl (C=O) groups is 1. The van der Waals surface area contributed by atoms with E-state index in [0.717, 1.165) is 64.2 Å². The minimum Gasteiger partial charge on any atom is -0.394 e. The molecule has 1 amide bonds. The summed E-state index contributed by atoms with van der Waals surface area (Å²) >= 11 is 0. The Labute approximate surface area is 234 Å². The Hall–Kier alpha value is -1.21. The highest BCUT2D eigenvalue weighted by Gasteiger charge is 2.28. The van der Waals surface area contributed by atoms with Gasteiger partial charge in [-0.25, -0.2) is 0 Å². The molecule has 0 rings (SSSR count). The maximum absolute atomic E-state index is 12.3. The Morgan fingerprint density at radius 1 is 0.658 bits per heavy atom. The third-order valence-corrected chi connectivity index (χ3v) is 7.19. The zero-order valence-corrected chi connectivity index (χ0v) is 24.7. The Morgan fingerprint density at radius 3 is 1.66 bits per heavy atom. The number of carbonyl (C=O) groups excluding carboxylic acids is 1. The Balaban J connectivity index is 3.93. The molecule has 0 spiro atoms. The van der Waals surface area contributed by atoms with Crippen molar-refractivity contribution in [1.82, 2.24) is 5.32 Å². The molecule has 0 aliphatic rings. The maximum atomic E-state index is 12.3. The minimum absolute atomic E-state index is 0.351. The molecule has 0 saturated heterocycles. The lowest BCUT2D eigenvalue weighted by molar-refractivity contribution is -0.132. The van der Waals surface area contributed by atoms with Crippen LogP contribution < -0.4 is 5.32 Å². The van der Waals surface area contributed by atoms with Crippen molar-refractivity contribution in [2.45, 2.75) is 167 Å². The number of aliphatic hydroxyl groups excluding tert-OH is 4. The van der Waals surface area contributed by atoms with E-state index in [1.54, 1.807) is 0 Å². The molecular weight excluding hydrogens is 478 g/mol. The van der Waals surface area contributed by atoms with Gasteiger partial charge in [0.25, 0.3) is 0 Å². The summed E-state index contributed by atoms with van der Waals surface area (Å²) in [5, 5.41) is 43.0. The molecule has 0 aliphatic heterocycles. The third kappa shape index (κ3) is 21.7. The molecule has 6 heteroatoms. The smallest absolute Gasteiger partial charge is 0.249 e. The van der Waals surface area contributed by atoms with Gasteiger partial charge in [-0.05, 0) is 38.5 Å². The molecule has 0 heterocycles. The van der Waals surface area contributed by atoms with Crippen LogP contribution in [0.25, 0.3) is 0 Å². The van der Waals surface area contributed by atoms with Crippen LogP contribution in [0.1, 0.15) is 142 Å². The van der Waals surface area contributed by atoms with E-state index in [1.807, 2.05) is 0 Å². The Bertz CT molecular complexity index is 580. The van der Waals surface area contributed by atoms with E-state index in [9.17, 15) is 25.2 Å². The average Bonchev–Trinajstić information content (AvgIpc) is 2.92. The monoisotopic (exact) mass is 539 g/mol. The van der Waals surface area contributed by atoms with Gasteiger partial charge in [0.15, 0.2) is 0 Å². The van der Waals surface area contributed by atoms with Crippen molar-refractivity contribution in [3.63, 3.8) is 0 Å². The SMILES string of the molecule is CCCCC/C=C\C=C/CCCCCCCC(O)C(=O)NC(CO)C(O)C(O)CCCCCCCCCC. The first-order chi connectivity index (χ1) is 18.5. The molecule has 6 nitrogen and oxygen atoms in total. The number of hydrogen-bond acceptors (Lipinski definition) is 5. The first kappa shape index (κ1) is 36.8. The molecule has 0 aromatic heterocycles. The number of rotatable bonds is 27. The summed E-state index contributed by atoms with van der Waals surface area (Å²) in [6.07, 6.45) is 26.3. The van der Waals surface area contributed by atoms with Crippen LogP contribution in [0.3, 0.4) is 0 Å². The zero-order valence-electron chi connectivity index (χ0n) is 24.7. The van der Waals surface area contributed by atoms with Crippen LogP contribution in [0, 0.1) is 0 Å². The van der Waals surface area contributed by atoms with Crippen LogP contribution in [0.15, 0.2) is 24.3 Å². The van der Waals surface area contributed by atoms with Gasteiger partial charge in [0, 0.05) is 0 Å². The summed E-state index contributed by atoms with van der Waals surface area (Å²) in [7, 11) is 0. The van der Waals surface area contributed by atoms with Gasteiger partial charge in [0.2, 0.25) is 5.91 Å². The lowest BCUT2D eigenvalue weighted by atomic mass is 9.99. The lowest BCUT2D eigenvalue weighted by Gasteiger charge is -2.27. The maximum Gasteiger partial charge on any atom is 0.249 e. The highest BCUT2D eigenvalue weighted by Crippen LogP contribution is 2.14. The van der Waals surface area contributed by atoms with Gasteiger partial charge in [-0.15, -0.1) is 0 Å². The fourth-order valence-corrected chi connectivity index (χ4v) is 4.57. The van der Waals surface area contributed by atoms with Gasteiger partial charge in [0.05, 0.1) is 18.8 Å². The van der Waals surface area contributed by atoms with Crippen molar-refractivity contribution >= 4 is 5.91 Å². The van der Waals surface area contributed by atoms with E-state index < -0.39 is 36.9 Å². The number of hydrogen-bond donors (Lipinski definition) is 5. The van der Waals surface area contributed by atoms with Crippen LogP contribution in [-0.2, 0) is 4.79 Å². The predicted octanol–water partition coefficient (Wildman–Crippen LogP) is 6.50. The Kier molecular flexibility index (Phi) is 26.5. The average molecular weight is 540 g/mol. The third-order valence-electron chi connectivity index (χ3n) is 7.19. The molecule has 4 atom stereocenters. The second kappa shape index (κ2) is 27.4. The van der Waals surface area contributed by atoms with Gasteiger partial charge in [-0.1, -0.05) is 128 Å². The highest BCUT2D eigenvalue weighted by atomic mass is 16.3. The van der Waals surface area contributed by atoms with E-state index in [0.29, 0.717) is 12.8 Å². The standard InChI is InChI=1S/C32H61NO5/c1-3-5-7-9-11-13-14-15-16-17-18-20-22-24-26-30(36)32(38)33-28(27-34)31(37)29(35)25-23-21-19-12-10-8-6-4-2/h11,13-15,28-31,34-37H,3-10,12,16-27H2,1-2H3,(H,33,38)/b13-11-,15-14-. The summed E-state index contributed by atoms with van der Waals surface area (Å²) < 4.78 is 0. The van der Waals surface area contributed by atoms with Crippen molar-refractivity contribution in [2.75, 3.05) is 6.61 Å². The number of allylic oxidation sites excluding steroid dienone is 4. The Morgan fingerprint density at radius 2 is 1.11 bits per heavy atom. The van der Waals surface area contributed by atoms with E-state index in [1.165, 1.54) is 51.4 Å². The number of amides is 1. The van der Waals surface area contributed by atoms with Crippen molar-refractivity contribution < 1.29 is 25.2 Å². The molecule has 0 aliphatic carbocycles. The fourth-order valence-electron chi connectivity index (χ4n) is 4.57. The molecule has 0 aromatic carbocycles. The molecule has 0 aromatic rings. The molecule has 224 valence electrons. The quantitative estimate of drug-likeness (QED) is 0.0604. The fraction of sp³-hybridized carbons (Fsp3) is 0.844. The summed E-state index contributed by atoms with van der Waals surface area (Å²) in [5.41, 5.74) is 0. The molecule has 0 fully saturated rings. The summed E-state index contributed by atoms with van der Waals surface area (Å²) in [6, 6.07) is -0.986. The normalized spacial score (nSPS) is 15.2. The number of aliphatic hydroxyl groups is 4.